The van der Waals surface area contributed by atoms with Crippen molar-refractivity contribution in [3.05, 3.63) is 88.8 Å². The molecule has 0 unspecified atom stereocenters. The van der Waals surface area contributed by atoms with E-state index in [9.17, 15) is 4.79 Å². The van der Waals surface area contributed by atoms with Crippen LogP contribution < -0.4 is 0 Å². The molecule has 0 fully saturated rings. The summed E-state index contributed by atoms with van der Waals surface area (Å²) in [4.78, 5) is 13.7. The molecule has 6 nitrogen and oxygen atoms in total. The van der Waals surface area contributed by atoms with Gasteiger partial charge in [-0.15, -0.1) is 22.0 Å². The Bertz CT molecular complexity index is 1510. The summed E-state index contributed by atoms with van der Waals surface area (Å²) in [5.74, 6) is -0.0544. The highest BCUT2D eigenvalue weighted by Gasteiger charge is 2.24. The zero-order valence-corrected chi connectivity index (χ0v) is 20.2. The molecule has 2 heterocycles. The molecular weight excluding hydrogens is 468 g/mol. The highest BCUT2D eigenvalue weighted by molar-refractivity contribution is 7.98. The number of benzene rings is 3. The topological polar surface area (TPSA) is 69.4 Å². The zero-order chi connectivity index (χ0) is 23.7. The number of halogens is 1. The predicted octanol–water partition coefficient (Wildman–Crippen LogP) is 6.38. The summed E-state index contributed by atoms with van der Waals surface area (Å²) in [5.41, 5.74) is 4.15. The number of hydrogen-bond donors (Lipinski definition) is 0. The van der Waals surface area contributed by atoms with E-state index in [1.165, 1.54) is 0 Å². The maximum absolute atomic E-state index is 12.7. The molecule has 0 aliphatic heterocycles. The fraction of sp³-hybridized carbons (Fsp3) is 0.154. The molecule has 2 aromatic heterocycles. The first kappa shape index (κ1) is 22.4. The number of thioether (sulfide) groups is 1. The Labute approximate surface area is 205 Å². The van der Waals surface area contributed by atoms with Crippen molar-refractivity contribution >= 4 is 45.8 Å². The average molecular weight is 489 g/mol. The van der Waals surface area contributed by atoms with Crippen LogP contribution in [0.5, 0.6) is 0 Å². The minimum absolute atomic E-state index is 0.169. The molecule has 0 spiro atoms. The van der Waals surface area contributed by atoms with Gasteiger partial charge in [-0.3, -0.25) is 0 Å². The smallest absolute Gasteiger partial charge is 0.360 e. The van der Waals surface area contributed by atoms with E-state index in [0.717, 1.165) is 32.5 Å². The molecule has 0 atom stereocenters. The Morgan fingerprint density at radius 1 is 1.03 bits per heavy atom. The summed E-state index contributed by atoms with van der Waals surface area (Å²) >= 11 is 7.59. The van der Waals surface area contributed by atoms with Gasteiger partial charge >= 0.3 is 5.97 Å². The van der Waals surface area contributed by atoms with Crippen LogP contribution in [0.1, 0.15) is 28.8 Å². The van der Waals surface area contributed by atoms with Gasteiger partial charge in [0.05, 0.1) is 23.6 Å². The number of fused-ring (bicyclic) bond motifs is 2. The maximum Gasteiger partial charge on any atom is 0.360 e. The Balaban J connectivity index is 1.67. The lowest BCUT2D eigenvalue weighted by Gasteiger charge is -2.10. The van der Waals surface area contributed by atoms with Crippen LogP contribution in [-0.4, -0.2) is 32.4 Å². The molecule has 0 amide bonds. The van der Waals surface area contributed by atoms with Crippen molar-refractivity contribution < 1.29 is 9.53 Å². The number of carbonyl (C=O) groups excluding carboxylic acids is 1. The van der Waals surface area contributed by atoms with E-state index in [0.29, 0.717) is 22.1 Å². The van der Waals surface area contributed by atoms with Gasteiger partial charge in [0.25, 0.3) is 0 Å². The molecule has 0 radical (unpaired) electrons. The third-order valence-electron chi connectivity index (χ3n) is 5.53. The van der Waals surface area contributed by atoms with Crippen LogP contribution in [0.4, 0.5) is 0 Å². The van der Waals surface area contributed by atoms with Crippen LogP contribution in [0.3, 0.4) is 0 Å². The van der Waals surface area contributed by atoms with Crippen LogP contribution >= 0.6 is 23.4 Å². The summed E-state index contributed by atoms with van der Waals surface area (Å²) in [6, 6.07) is 22.0. The Kier molecular flexibility index (Phi) is 6.22. The average Bonchev–Trinajstić information content (AvgIpc) is 3.19. The molecule has 34 heavy (non-hydrogen) atoms. The second-order valence-corrected chi connectivity index (χ2v) is 9.17. The monoisotopic (exact) mass is 488 g/mol. The molecule has 0 saturated carbocycles. The highest BCUT2D eigenvalue weighted by Crippen LogP contribution is 2.34. The molecule has 3 aromatic carbocycles. The van der Waals surface area contributed by atoms with Gasteiger partial charge in [0.2, 0.25) is 0 Å². The standard InChI is InChI=1S/C26H21ClN4O2S/c1-3-33-26(32)24-22(15-34-19-13-11-18(27)12-14-19)31-25(29-28-24)23(16(2)30-31)21-10-6-8-17-7-4-5-9-20(17)21/h4-14H,3,15H2,1-2H3. The number of rotatable bonds is 6. The second-order valence-electron chi connectivity index (χ2n) is 7.68. The van der Waals surface area contributed by atoms with E-state index in [1.807, 2.05) is 49.4 Å². The first-order valence-electron chi connectivity index (χ1n) is 10.9. The van der Waals surface area contributed by atoms with Crippen LogP contribution in [0.25, 0.3) is 27.5 Å². The number of aryl methyl sites for hydroxylation is 1. The predicted molar refractivity (Wildman–Crippen MR) is 135 cm³/mol. The van der Waals surface area contributed by atoms with Gasteiger partial charge in [-0.2, -0.15) is 5.10 Å². The van der Waals surface area contributed by atoms with E-state index >= 15 is 0 Å². The summed E-state index contributed by atoms with van der Waals surface area (Å²) in [7, 11) is 0. The van der Waals surface area contributed by atoms with Crippen molar-refractivity contribution in [1.82, 2.24) is 19.8 Å². The van der Waals surface area contributed by atoms with Crippen molar-refractivity contribution in [1.29, 1.82) is 0 Å². The molecule has 8 heteroatoms. The molecule has 5 aromatic rings. The summed E-state index contributed by atoms with van der Waals surface area (Å²) < 4.78 is 6.99. The fourth-order valence-electron chi connectivity index (χ4n) is 3.98. The van der Waals surface area contributed by atoms with Gasteiger partial charge in [0.15, 0.2) is 11.3 Å². The number of esters is 1. The Morgan fingerprint density at radius 2 is 1.79 bits per heavy atom. The zero-order valence-electron chi connectivity index (χ0n) is 18.7. The highest BCUT2D eigenvalue weighted by atomic mass is 35.5. The molecule has 0 aliphatic carbocycles. The van der Waals surface area contributed by atoms with Crippen molar-refractivity contribution in [2.24, 2.45) is 0 Å². The fourth-order valence-corrected chi connectivity index (χ4v) is 5.00. The SMILES string of the molecule is CCOC(=O)c1nnc2c(-c3cccc4ccccc34)c(C)nn2c1CSc1ccc(Cl)cc1. The van der Waals surface area contributed by atoms with Crippen molar-refractivity contribution in [3.63, 3.8) is 0 Å². The lowest BCUT2D eigenvalue weighted by Crippen LogP contribution is -2.16. The van der Waals surface area contributed by atoms with Crippen molar-refractivity contribution in [2.75, 3.05) is 6.61 Å². The number of ether oxygens (including phenoxy) is 1. The van der Waals surface area contributed by atoms with Crippen molar-refractivity contribution in [2.45, 2.75) is 24.5 Å². The Morgan fingerprint density at radius 3 is 2.59 bits per heavy atom. The summed E-state index contributed by atoms with van der Waals surface area (Å²) in [6.45, 7) is 3.97. The third kappa shape index (κ3) is 4.13. The van der Waals surface area contributed by atoms with E-state index in [2.05, 4.69) is 34.5 Å². The van der Waals surface area contributed by atoms with E-state index in [-0.39, 0.29) is 12.3 Å². The Hall–Kier alpha value is -3.42. The number of aromatic nitrogens is 4. The minimum Gasteiger partial charge on any atom is -0.461 e. The lowest BCUT2D eigenvalue weighted by molar-refractivity contribution is 0.0516. The first-order chi connectivity index (χ1) is 16.6. The van der Waals surface area contributed by atoms with Crippen molar-refractivity contribution in [3.8, 4) is 11.1 Å². The molecule has 170 valence electrons. The van der Waals surface area contributed by atoms with Gasteiger partial charge in [-0.05, 0) is 54.4 Å². The first-order valence-corrected chi connectivity index (χ1v) is 12.2. The van der Waals surface area contributed by atoms with Gasteiger partial charge in [0.1, 0.15) is 0 Å². The quantitative estimate of drug-likeness (QED) is 0.204. The van der Waals surface area contributed by atoms with E-state index < -0.39 is 5.97 Å². The van der Waals surface area contributed by atoms with Crippen LogP contribution in [-0.2, 0) is 10.5 Å². The van der Waals surface area contributed by atoms with E-state index in [4.69, 9.17) is 21.4 Å². The van der Waals surface area contributed by atoms with Gasteiger partial charge < -0.3 is 4.74 Å². The summed E-state index contributed by atoms with van der Waals surface area (Å²) in [6.07, 6.45) is 0. The normalized spacial score (nSPS) is 11.3. The molecule has 0 saturated heterocycles. The number of nitrogens with zero attached hydrogens (tertiary/aromatic N) is 4. The van der Waals surface area contributed by atoms with Gasteiger partial charge in [-0.1, -0.05) is 54.1 Å². The molecule has 0 N–H and O–H groups in total. The van der Waals surface area contributed by atoms with Gasteiger partial charge in [-0.25, -0.2) is 9.31 Å². The summed E-state index contributed by atoms with van der Waals surface area (Å²) in [5, 5.41) is 16.5. The largest absolute Gasteiger partial charge is 0.461 e. The second kappa shape index (κ2) is 9.44. The third-order valence-corrected chi connectivity index (χ3v) is 6.80. The molecule has 0 aliphatic rings. The van der Waals surface area contributed by atoms with Crippen LogP contribution in [0, 0.1) is 6.92 Å². The number of carbonyl (C=O) groups is 1. The van der Waals surface area contributed by atoms with Gasteiger partial charge in [0, 0.05) is 15.7 Å². The lowest BCUT2D eigenvalue weighted by atomic mass is 9.98. The van der Waals surface area contributed by atoms with Crippen LogP contribution in [0.15, 0.2) is 71.6 Å². The van der Waals surface area contributed by atoms with Crippen LogP contribution in [0.2, 0.25) is 5.02 Å². The van der Waals surface area contributed by atoms with E-state index in [1.54, 1.807) is 23.2 Å². The number of hydrogen-bond acceptors (Lipinski definition) is 6. The molecular formula is C26H21ClN4O2S. The molecule has 5 rings (SSSR count). The molecule has 0 bridgehead atoms. The maximum atomic E-state index is 12.7. The minimum atomic E-state index is -0.511.